The molecule has 116 valence electrons. The third kappa shape index (κ3) is 4.27. The zero-order chi connectivity index (χ0) is 15.2. The van der Waals surface area contributed by atoms with Gasteiger partial charge in [0.15, 0.2) is 0 Å². The average Bonchev–Trinajstić information content (AvgIpc) is 2.65. The number of carbonyl (C=O) groups excluding carboxylic acids is 1. The molecule has 0 aromatic heterocycles. The molecule has 1 aromatic carbocycles. The molecular weight excluding hydrogens is 267 g/mol. The van der Waals surface area contributed by atoms with Gasteiger partial charge >= 0.3 is 0 Å². The number of benzene rings is 1. The van der Waals surface area contributed by atoms with E-state index in [-0.39, 0.29) is 18.3 Å². The van der Waals surface area contributed by atoms with E-state index in [2.05, 4.69) is 6.92 Å². The number of hydrogen-bond donors (Lipinski definition) is 1. The molecule has 2 N–H and O–H groups in total. The molecule has 0 saturated carbocycles. The highest BCUT2D eigenvalue weighted by Gasteiger charge is 2.22. The second kappa shape index (κ2) is 7.55. The van der Waals surface area contributed by atoms with Gasteiger partial charge in [-0.3, -0.25) is 4.79 Å². The number of rotatable bonds is 5. The maximum Gasteiger partial charge on any atom is 0.222 e. The number of nitrogens with zero attached hydrogens (tertiary/aromatic N) is 1. The minimum absolute atomic E-state index is 0.187. The topological polar surface area (TPSA) is 46.3 Å². The SMILES string of the molecule is CCCC1CCC(=O)N(Cc2ccc(F)c(CN)c2)CC1. The Balaban J connectivity index is 2.02. The first-order valence-corrected chi connectivity index (χ1v) is 7.89. The highest BCUT2D eigenvalue weighted by molar-refractivity contribution is 5.76. The Bertz CT molecular complexity index is 490. The molecule has 0 aliphatic carbocycles. The third-order valence-corrected chi connectivity index (χ3v) is 4.33. The van der Waals surface area contributed by atoms with Crippen molar-refractivity contribution in [2.45, 2.75) is 52.1 Å². The number of carbonyl (C=O) groups is 1. The molecule has 1 atom stereocenters. The summed E-state index contributed by atoms with van der Waals surface area (Å²) in [6.07, 6.45) is 5.09. The lowest BCUT2D eigenvalue weighted by atomic mass is 9.96. The molecule has 1 aromatic rings. The minimum atomic E-state index is -0.272. The maximum atomic E-state index is 13.5. The molecule has 0 spiro atoms. The second-order valence-electron chi connectivity index (χ2n) is 5.93. The van der Waals surface area contributed by atoms with Gasteiger partial charge in [0.2, 0.25) is 5.91 Å². The fourth-order valence-electron chi connectivity index (χ4n) is 3.06. The van der Waals surface area contributed by atoms with Crippen molar-refractivity contribution in [3.63, 3.8) is 0 Å². The van der Waals surface area contributed by atoms with E-state index in [1.807, 2.05) is 4.90 Å². The van der Waals surface area contributed by atoms with Crippen LogP contribution in [-0.4, -0.2) is 17.4 Å². The largest absolute Gasteiger partial charge is 0.338 e. The summed E-state index contributed by atoms with van der Waals surface area (Å²) in [7, 11) is 0. The van der Waals surface area contributed by atoms with E-state index < -0.39 is 0 Å². The highest BCUT2D eigenvalue weighted by Crippen LogP contribution is 2.24. The number of hydrogen-bond acceptors (Lipinski definition) is 2. The summed E-state index contributed by atoms with van der Waals surface area (Å²) in [5.41, 5.74) is 7.01. The fraction of sp³-hybridized carbons (Fsp3) is 0.588. The van der Waals surface area contributed by atoms with Gasteiger partial charge < -0.3 is 10.6 Å². The first-order valence-electron chi connectivity index (χ1n) is 7.89. The third-order valence-electron chi connectivity index (χ3n) is 4.33. The van der Waals surface area contributed by atoms with Crippen molar-refractivity contribution in [1.82, 2.24) is 4.90 Å². The monoisotopic (exact) mass is 292 g/mol. The van der Waals surface area contributed by atoms with E-state index in [9.17, 15) is 9.18 Å². The van der Waals surface area contributed by atoms with Crippen molar-refractivity contribution in [3.8, 4) is 0 Å². The summed E-state index contributed by atoms with van der Waals surface area (Å²) in [6, 6.07) is 4.97. The van der Waals surface area contributed by atoms with E-state index in [1.54, 1.807) is 12.1 Å². The van der Waals surface area contributed by atoms with Crippen molar-refractivity contribution in [2.75, 3.05) is 6.54 Å². The molecule has 1 aliphatic rings. The van der Waals surface area contributed by atoms with E-state index in [4.69, 9.17) is 5.73 Å². The van der Waals surface area contributed by atoms with Crippen LogP contribution in [-0.2, 0) is 17.9 Å². The van der Waals surface area contributed by atoms with Gasteiger partial charge in [-0.1, -0.05) is 25.8 Å². The molecule has 1 heterocycles. The molecule has 0 radical (unpaired) electrons. The summed E-state index contributed by atoms with van der Waals surface area (Å²) in [6.45, 7) is 3.74. The van der Waals surface area contributed by atoms with Crippen LogP contribution in [0.1, 0.15) is 50.2 Å². The second-order valence-corrected chi connectivity index (χ2v) is 5.93. The molecule has 1 unspecified atom stereocenters. The lowest BCUT2D eigenvalue weighted by molar-refractivity contribution is -0.131. The van der Waals surface area contributed by atoms with Gasteiger partial charge in [-0.2, -0.15) is 0 Å². The van der Waals surface area contributed by atoms with Gasteiger partial charge in [0.25, 0.3) is 0 Å². The minimum Gasteiger partial charge on any atom is -0.338 e. The Morgan fingerprint density at radius 2 is 2.19 bits per heavy atom. The quantitative estimate of drug-likeness (QED) is 0.905. The zero-order valence-corrected chi connectivity index (χ0v) is 12.8. The van der Waals surface area contributed by atoms with Gasteiger partial charge in [0.1, 0.15) is 5.82 Å². The molecule has 1 aliphatic heterocycles. The summed E-state index contributed by atoms with van der Waals surface area (Å²) in [4.78, 5) is 14.1. The smallest absolute Gasteiger partial charge is 0.222 e. The lowest BCUT2D eigenvalue weighted by Crippen LogP contribution is -2.29. The summed E-state index contributed by atoms with van der Waals surface area (Å²) in [5.74, 6) is 0.607. The molecule has 1 fully saturated rings. The fourth-order valence-corrected chi connectivity index (χ4v) is 3.06. The van der Waals surface area contributed by atoms with E-state index in [0.717, 1.165) is 24.9 Å². The molecule has 21 heavy (non-hydrogen) atoms. The Labute approximate surface area is 126 Å². The van der Waals surface area contributed by atoms with Gasteiger partial charge in [-0.15, -0.1) is 0 Å². The Morgan fingerprint density at radius 1 is 1.38 bits per heavy atom. The zero-order valence-electron chi connectivity index (χ0n) is 12.8. The van der Waals surface area contributed by atoms with E-state index in [0.29, 0.717) is 24.4 Å². The van der Waals surface area contributed by atoms with Crippen LogP contribution in [0.15, 0.2) is 18.2 Å². The van der Waals surface area contributed by atoms with Gasteiger partial charge in [-0.25, -0.2) is 4.39 Å². The van der Waals surface area contributed by atoms with Crippen LogP contribution in [0.25, 0.3) is 0 Å². The van der Waals surface area contributed by atoms with Crippen LogP contribution >= 0.6 is 0 Å². The van der Waals surface area contributed by atoms with Crippen molar-refractivity contribution < 1.29 is 9.18 Å². The first-order chi connectivity index (χ1) is 10.1. The van der Waals surface area contributed by atoms with Crippen LogP contribution in [0.5, 0.6) is 0 Å². The summed E-state index contributed by atoms with van der Waals surface area (Å²) >= 11 is 0. The predicted molar refractivity (Wildman–Crippen MR) is 82.0 cm³/mol. The Morgan fingerprint density at radius 3 is 2.90 bits per heavy atom. The van der Waals surface area contributed by atoms with Crippen LogP contribution < -0.4 is 5.73 Å². The van der Waals surface area contributed by atoms with Crippen LogP contribution in [0.3, 0.4) is 0 Å². The normalized spacial score (nSPS) is 19.7. The number of halogens is 1. The molecular formula is C17H25FN2O. The van der Waals surface area contributed by atoms with E-state index >= 15 is 0 Å². The first kappa shape index (κ1) is 16.0. The molecule has 3 nitrogen and oxygen atoms in total. The van der Waals surface area contributed by atoms with Crippen LogP contribution in [0.4, 0.5) is 4.39 Å². The Kier molecular flexibility index (Phi) is 5.74. The lowest BCUT2D eigenvalue weighted by Gasteiger charge is -2.21. The average molecular weight is 292 g/mol. The van der Waals surface area contributed by atoms with Crippen LogP contribution in [0.2, 0.25) is 0 Å². The molecule has 4 heteroatoms. The van der Waals surface area contributed by atoms with Gasteiger partial charge in [0.05, 0.1) is 0 Å². The standard InChI is InChI=1S/C17H25FN2O/c1-2-3-13-5-7-17(21)20(9-8-13)12-14-4-6-16(18)15(10-14)11-19/h4,6,10,13H,2-3,5,7-9,11-12,19H2,1H3. The molecule has 0 bridgehead atoms. The van der Waals surface area contributed by atoms with Crippen molar-refractivity contribution in [1.29, 1.82) is 0 Å². The Hall–Kier alpha value is -1.42. The summed E-state index contributed by atoms with van der Waals surface area (Å²) < 4.78 is 13.5. The van der Waals surface area contributed by atoms with Crippen molar-refractivity contribution in [3.05, 3.63) is 35.1 Å². The van der Waals surface area contributed by atoms with Gasteiger partial charge in [0, 0.05) is 31.6 Å². The maximum absolute atomic E-state index is 13.5. The highest BCUT2D eigenvalue weighted by atomic mass is 19.1. The predicted octanol–water partition coefficient (Wildman–Crippen LogP) is 3.21. The summed E-state index contributed by atoms with van der Waals surface area (Å²) in [5, 5.41) is 0. The number of nitrogens with two attached hydrogens (primary N) is 1. The van der Waals surface area contributed by atoms with Crippen molar-refractivity contribution in [2.24, 2.45) is 11.7 Å². The number of likely N-dealkylation sites (tertiary alicyclic amines) is 1. The number of amides is 1. The van der Waals surface area contributed by atoms with Gasteiger partial charge in [-0.05, 0) is 36.5 Å². The molecule has 1 saturated heterocycles. The van der Waals surface area contributed by atoms with E-state index in [1.165, 1.54) is 18.9 Å². The molecule has 2 rings (SSSR count). The van der Waals surface area contributed by atoms with Crippen LogP contribution in [0, 0.1) is 11.7 Å². The molecule has 1 amide bonds. The van der Waals surface area contributed by atoms with Crippen molar-refractivity contribution >= 4 is 5.91 Å².